The van der Waals surface area contributed by atoms with Gasteiger partial charge in [-0.2, -0.15) is 0 Å². The van der Waals surface area contributed by atoms with Crippen LogP contribution in [0.5, 0.6) is 0 Å². The van der Waals surface area contributed by atoms with Gasteiger partial charge in [0.25, 0.3) is 0 Å². The largest absolute Gasteiger partial charge is 0.253 e. The van der Waals surface area contributed by atoms with E-state index in [1.165, 1.54) is 0 Å². The molecule has 1 unspecified atom stereocenters. The molecule has 1 aliphatic rings. The number of hydrogen-bond donors (Lipinski definition) is 0. The quantitative estimate of drug-likeness (QED) is 0.530. The third-order valence-electron chi connectivity index (χ3n) is 4.47. The van der Waals surface area contributed by atoms with E-state index in [-0.39, 0.29) is 5.92 Å². The van der Waals surface area contributed by atoms with E-state index in [0.29, 0.717) is 0 Å². The minimum absolute atomic E-state index is 0.00853. The van der Waals surface area contributed by atoms with Crippen LogP contribution in [0.15, 0.2) is 60.8 Å². The minimum atomic E-state index is 0.00853. The molecule has 0 saturated carbocycles. The number of allylic oxidation sites excluding steroid dienone is 2. The highest BCUT2D eigenvalue weighted by atomic mass is 14.9. The van der Waals surface area contributed by atoms with Gasteiger partial charge in [0.1, 0.15) is 0 Å². The maximum atomic E-state index is 4.86. The topological polar surface area (TPSA) is 51.6 Å². The fraction of sp³-hybridized carbons (Fsp3) is 0.100. The van der Waals surface area contributed by atoms with Crippen LogP contribution < -0.4 is 0 Å². The summed E-state index contributed by atoms with van der Waals surface area (Å²) in [5.41, 5.74) is 7.64. The van der Waals surface area contributed by atoms with Gasteiger partial charge in [-0.3, -0.25) is 4.98 Å². The molecule has 0 bridgehead atoms. The van der Waals surface area contributed by atoms with Crippen LogP contribution in [-0.4, -0.2) is 19.9 Å². The number of hydrogen-bond acceptors (Lipinski definition) is 4. The molecule has 0 fully saturated rings. The average Bonchev–Trinajstić information content (AvgIpc) is 2.95. The molecule has 24 heavy (non-hydrogen) atoms. The highest BCUT2D eigenvalue weighted by molar-refractivity contribution is 5.81. The second kappa shape index (κ2) is 4.93. The van der Waals surface area contributed by atoms with Crippen molar-refractivity contribution in [1.29, 1.82) is 0 Å². The van der Waals surface area contributed by atoms with Crippen molar-refractivity contribution in [3.05, 3.63) is 77.9 Å². The number of nitrogens with zero attached hydrogens (tertiary/aromatic N) is 4. The molecule has 1 aliphatic carbocycles. The molecule has 2 heterocycles. The summed E-state index contributed by atoms with van der Waals surface area (Å²) in [5.74, 6) is 0.00853. The summed E-state index contributed by atoms with van der Waals surface area (Å²) in [7, 11) is 0. The van der Waals surface area contributed by atoms with Crippen LogP contribution in [0.25, 0.3) is 27.6 Å². The Labute approximate surface area is 138 Å². The molecule has 0 N–H and O–H groups in total. The summed E-state index contributed by atoms with van der Waals surface area (Å²) in [6.07, 6.45) is 4.03. The SMILES string of the molecule is CC1=CC(c2cnc3ccccc3n2)c2nc3ccccc3nc21. The summed E-state index contributed by atoms with van der Waals surface area (Å²) in [6.45, 7) is 2.08. The van der Waals surface area contributed by atoms with Crippen LogP contribution in [0.4, 0.5) is 0 Å². The van der Waals surface area contributed by atoms with Crippen molar-refractivity contribution in [3.63, 3.8) is 0 Å². The molecular formula is C20H14N4. The normalized spacial score (nSPS) is 16.4. The summed E-state index contributed by atoms with van der Waals surface area (Å²) in [4.78, 5) is 19.0. The van der Waals surface area contributed by atoms with Gasteiger partial charge in [-0.25, -0.2) is 15.0 Å². The fourth-order valence-corrected chi connectivity index (χ4v) is 3.28. The van der Waals surface area contributed by atoms with Crippen LogP contribution in [0.1, 0.15) is 29.9 Å². The van der Waals surface area contributed by atoms with Gasteiger partial charge in [-0.1, -0.05) is 30.3 Å². The monoisotopic (exact) mass is 310 g/mol. The Morgan fingerprint density at radius 3 is 2.12 bits per heavy atom. The molecule has 4 nitrogen and oxygen atoms in total. The van der Waals surface area contributed by atoms with Crippen LogP contribution >= 0.6 is 0 Å². The number of benzene rings is 2. The Morgan fingerprint density at radius 2 is 1.38 bits per heavy atom. The zero-order valence-corrected chi connectivity index (χ0v) is 13.1. The molecule has 2 aromatic heterocycles. The molecule has 0 amide bonds. The van der Waals surface area contributed by atoms with E-state index in [0.717, 1.165) is 44.7 Å². The average molecular weight is 310 g/mol. The van der Waals surface area contributed by atoms with Crippen LogP contribution in [0.2, 0.25) is 0 Å². The number of rotatable bonds is 1. The van der Waals surface area contributed by atoms with Crippen molar-refractivity contribution in [2.45, 2.75) is 12.8 Å². The Bertz CT molecular complexity index is 1130. The van der Waals surface area contributed by atoms with Gasteiger partial charge in [-0.05, 0) is 36.8 Å². The lowest BCUT2D eigenvalue weighted by Crippen LogP contribution is -2.04. The van der Waals surface area contributed by atoms with E-state index in [1.807, 2.05) is 54.7 Å². The van der Waals surface area contributed by atoms with E-state index >= 15 is 0 Å². The number of aromatic nitrogens is 4. The molecular weight excluding hydrogens is 296 g/mol. The van der Waals surface area contributed by atoms with Crippen molar-refractivity contribution in [2.75, 3.05) is 0 Å². The minimum Gasteiger partial charge on any atom is -0.253 e. The van der Waals surface area contributed by atoms with Gasteiger partial charge in [0, 0.05) is 0 Å². The fourth-order valence-electron chi connectivity index (χ4n) is 3.28. The molecule has 1 atom stereocenters. The zero-order valence-electron chi connectivity index (χ0n) is 13.1. The Balaban J connectivity index is 1.71. The lowest BCUT2D eigenvalue weighted by atomic mass is 10.0. The summed E-state index contributed by atoms with van der Waals surface area (Å²) in [5, 5.41) is 0. The summed E-state index contributed by atoms with van der Waals surface area (Å²) in [6, 6.07) is 15.9. The molecule has 0 saturated heterocycles. The highest BCUT2D eigenvalue weighted by Crippen LogP contribution is 2.37. The summed E-state index contributed by atoms with van der Waals surface area (Å²) >= 11 is 0. The molecule has 4 aromatic rings. The van der Waals surface area contributed by atoms with E-state index in [2.05, 4.69) is 18.0 Å². The van der Waals surface area contributed by atoms with E-state index in [1.54, 1.807) is 0 Å². The molecule has 114 valence electrons. The Hall–Kier alpha value is -3.14. The van der Waals surface area contributed by atoms with E-state index in [4.69, 9.17) is 15.0 Å². The van der Waals surface area contributed by atoms with E-state index in [9.17, 15) is 0 Å². The van der Waals surface area contributed by atoms with Crippen molar-refractivity contribution in [2.24, 2.45) is 0 Å². The molecule has 0 radical (unpaired) electrons. The number of para-hydroxylation sites is 4. The smallest absolute Gasteiger partial charge is 0.0894 e. The van der Waals surface area contributed by atoms with Gasteiger partial charge in [0.2, 0.25) is 0 Å². The van der Waals surface area contributed by atoms with Gasteiger partial charge >= 0.3 is 0 Å². The van der Waals surface area contributed by atoms with Crippen LogP contribution in [0.3, 0.4) is 0 Å². The lowest BCUT2D eigenvalue weighted by Gasteiger charge is -2.10. The van der Waals surface area contributed by atoms with Gasteiger partial charge in [0.05, 0.1) is 51.3 Å². The molecule has 5 rings (SSSR count). The first-order valence-electron chi connectivity index (χ1n) is 7.97. The zero-order chi connectivity index (χ0) is 16.1. The van der Waals surface area contributed by atoms with Crippen LogP contribution in [0, 0.1) is 0 Å². The predicted molar refractivity (Wildman–Crippen MR) is 94.6 cm³/mol. The maximum Gasteiger partial charge on any atom is 0.0894 e. The second-order valence-electron chi connectivity index (χ2n) is 6.06. The first-order chi connectivity index (χ1) is 11.8. The third kappa shape index (κ3) is 1.93. The second-order valence-corrected chi connectivity index (χ2v) is 6.06. The van der Waals surface area contributed by atoms with Crippen molar-refractivity contribution in [1.82, 2.24) is 19.9 Å². The van der Waals surface area contributed by atoms with Crippen molar-refractivity contribution < 1.29 is 0 Å². The molecule has 0 spiro atoms. The highest BCUT2D eigenvalue weighted by Gasteiger charge is 2.27. The Morgan fingerprint density at radius 1 is 0.750 bits per heavy atom. The van der Waals surface area contributed by atoms with E-state index < -0.39 is 0 Å². The lowest BCUT2D eigenvalue weighted by molar-refractivity contribution is 0.920. The van der Waals surface area contributed by atoms with Gasteiger partial charge in [-0.15, -0.1) is 0 Å². The molecule has 2 aromatic carbocycles. The van der Waals surface area contributed by atoms with Gasteiger partial charge < -0.3 is 0 Å². The Kier molecular flexibility index (Phi) is 2.73. The van der Waals surface area contributed by atoms with Crippen LogP contribution in [-0.2, 0) is 0 Å². The number of fused-ring (bicyclic) bond motifs is 3. The first kappa shape index (κ1) is 13.3. The predicted octanol–water partition coefficient (Wildman–Crippen LogP) is 4.12. The maximum absolute atomic E-state index is 4.86. The standard InChI is InChI=1S/C20H14N4/c1-12-10-13(18-11-21-14-6-2-3-7-15(14)22-18)20-19(12)23-16-8-4-5-9-17(16)24-20/h2-11,13H,1H3. The van der Waals surface area contributed by atoms with Crippen molar-refractivity contribution in [3.8, 4) is 0 Å². The van der Waals surface area contributed by atoms with Crippen molar-refractivity contribution >= 4 is 27.6 Å². The third-order valence-corrected chi connectivity index (χ3v) is 4.47. The summed E-state index contributed by atoms with van der Waals surface area (Å²) < 4.78 is 0. The first-order valence-corrected chi connectivity index (χ1v) is 7.97. The van der Waals surface area contributed by atoms with Gasteiger partial charge in [0.15, 0.2) is 0 Å². The molecule has 4 heteroatoms. The molecule has 0 aliphatic heterocycles.